The molecule has 1 aliphatic rings. The first kappa shape index (κ1) is 21.1. The molecule has 0 aliphatic carbocycles. The molecule has 1 aromatic heterocycles. The minimum Gasteiger partial charge on any atom is -0.497 e. The van der Waals surface area contributed by atoms with Crippen LogP contribution in [-0.4, -0.2) is 42.4 Å². The Kier molecular flexibility index (Phi) is 6.32. The molecule has 31 heavy (non-hydrogen) atoms. The number of hydrogen-bond donors (Lipinski definition) is 2. The Morgan fingerprint density at radius 3 is 2.45 bits per heavy atom. The quantitative estimate of drug-likeness (QED) is 0.632. The largest absolute Gasteiger partial charge is 0.497 e. The number of carbonyl (C=O) groups is 1. The molecule has 1 aliphatic heterocycles. The summed E-state index contributed by atoms with van der Waals surface area (Å²) in [4.78, 5) is 27.0. The molecule has 7 nitrogen and oxygen atoms in total. The normalized spacial score (nSPS) is 15.5. The van der Waals surface area contributed by atoms with Gasteiger partial charge in [0.15, 0.2) is 5.69 Å². The van der Waals surface area contributed by atoms with Crippen LogP contribution in [0.3, 0.4) is 0 Å². The minimum absolute atomic E-state index is 0.147. The van der Waals surface area contributed by atoms with Crippen LogP contribution < -0.4 is 20.5 Å². The van der Waals surface area contributed by atoms with Crippen LogP contribution >= 0.6 is 0 Å². The first-order valence-corrected chi connectivity index (χ1v) is 10.8. The summed E-state index contributed by atoms with van der Waals surface area (Å²) in [5, 5.41) is 8.43. The standard InChI is InChI=1S/C24H28N4O3/c1-27-24(30)20-9-5-4-8-19(20)22(26-27)23(29)25-16-21(28-14-6-3-7-15-28)17-10-12-18(31-2)13-11-17/h4-5,8-13,21H,3,6-7,14-16H2,1-2H3,(H,25,29)/p+1/t21-/m0/s1. The summed E-state index contributed by atoms with van der Waals surface area (Å²) in [7, 11) is 3.23. The lowest BCUT2D eigenvalue weighted by Crippen LogP contribution is -3.13. The van der Waals surface area contributed by atoms with E-state index in [-0.39, 0.29) is 23.2 Å². The van der Waals surface area contributed by atoms with Crippen molar-refractivity contribution < 1.29 is 14.4 Å². The van der Waals surface area contributed by atoms with Gasteiger partial charge in [0.25, 0.3) is 11.5 Å². The molecule has 4 rings (SSSR count). The minimum atomic E-state index is -0.262. The van der Waals surface area contributed by atoms with Crippen molar-refractivity contribution in [3.05, 3.63) is 70.1 Å². The first-order chi connectivity index (χ1) is 15.1. The summed E-state index contributed by atoms with van der Waals surface area (Å²) >= 11 is 0. The summed E-state index contributed by atoms with van der Waals surface area (Å²) < 4.78 is 6.53. The maximum absolute atomic E-state index is 13.1. The number of fused-ring (bicyclic) bond motifs is 1. The van der Waals surface area contributed by atoms with Crippen molar-refractivity contribution in [1.29, 1.82) is 0 Å². The highest BCUT2D eigenvalue weighted by atomic mass is 16.5. The second-order valence-electron chi connectivity index (χ2n) is 8.08. The maximum atomic E-state index is 13.1. The number of hydrogen-bond acceptors (Lipinski definition) is 4. The summed E-state index contributed by atoms with van der Waals surface area (Å²) in [5.41, 5.74) is 1.25. The van der Waals surface area contributed by atoms with Gasteiger partial charge in [0.1, 0.15) is 11.8 Å². The second kappa shape index (κ2) is 9.31. The molecule has 2 N–H and O–H groups in total. The molecule has 0 spiro atoms. The number of nitrogens with zero attached hydrogens (tertiary/aromatic N) is 2. The van der Waals surface area contributed by atoms with Crippen molar-refractivity contribution in [2.24, 2.45) is 7.05 Å². The van der Waals surface area contributed by atoms with Crippen LogP contribution in [0.15, 0.2) is 53.3 Å². The summed E-state index contributed by atoms with van der Waals surface area (Å²) in [6, 6.07) is 15.4. The molecular weight excluding hydrogens is 392 g/mol. The SMILES string of the molecule is COc1ccc([C@H](CNC(=O)c2nn(C)c(=O)c3ccccc23)[NH+]2CCCCC2)cc1. The molecule has 162 valence electrons. The predicted molar refractivity (Wildman–Crippen MR) is 120 cm³/mol. The number of likely N-dealkylation sites (tertiary alicyclic amines) is 1. The third kappa shape index (κ3) is 4.46. The summed E-state index contributed by atoms with van der Waals surface area (Å²) in [6.07, 6.45) is 3.66. The highest BCUT2D eigenvalue weighted by Gasteiger charge is 2.27. The highest BCUT2D eigenvalue weighted by molar-refractivity contribution is 6.04. The van der Waals surface area contributed by atoms with Gasteiger partial charge in [-0.3, -0.25) is 9.59 Å². The molecular formula is C24H29N4O3+. The van der Waals surface area contributed by atoms with Crippen LogP contribution in [0.25, 0.3) is 10.8 Å². The number of ether oxygens (including phenoxy) is 1. The van der Waals surface area contributed by atoms with Gasteiger partial charge >= 0.3 is 0 Å². The van der Waals surface area contributed by atoms with Gasteiger partial charge in [0, 0.05) is 18.0 Å². The van der Waals surface area contributed by atoms with Gasteiger partial charge in [-0.2, -0.15) is 5.10 Å². The Bertz CT molecular complexity index is 1120. The van der Waals surface area contributed by atoms with E-state index in [2.05, 4.69) is 22.5 Å². The van der Waals surface area contributed by atoms with E-state index < -0.39 is 0 Å². The lowest BCUT2D eigenvalue weighted by Gasteiger charge is -2.32. The Labute approximate surface area is 181 Å². The van der Waals surface area contributed by atoms with E-state index >= 15 is 0 Å². The second-order valence-corrected chi connectivity index (χ2v) is 8.08. The van der Waals surface area contributed by atoms with Crippen molar-refractivity contribution in [2.75, 3.05) is 26.7 Å². The molecule has 7 heteroatoms. The van der Waals surface area contributed by atoms with Crippen LogP contribution in [0.1, 0.15) is 41.4 Å². The number of benzene rings is 2. The van der Waals surface area contributed by atoms with Crippen LogP contribution in [0.2, 0.25) is 0 Å². The number of carbonyl (C=O) groups excluding carboxylic acids is 1. The number of methoxy groups -OCH3 is 1. The summed E-state index contributed by atoms with van der Waals surface area (Å²) in [5.74, 6) is 0.558. The van der Waals surface area contributed by atoms with E-state index in [0.717, 1.165) is 18.8 Å². The molecule has 1 amide bonds. The topological polar surface area (TPSA) is 77.7 Å². The van der Waals surface area contributed by atoms with Crippen LogP contribution in [0.4, 0.5) is 0 Å². The van der Waals surface area contributed by atoms with Crippen molar-refractivity contribution in [1.82, 2.24) is 15.1 Å². The molecule has 0 bridgehead atoms. The predicted octanol–water partition coefficient (Wildman–Crippen LogP) is 1.48. The van der Waals surface area contributed by atoms with Gasteiger partial charge in [0.05, 0.1) is 32.1 Å². The van der Waals surface area contributed by atoms with Gasteiger partial charge in [-0.25, -0.2) is 4.68 Å². The molecule has 3 aromatic rings. The monoisotopic (exact) mass is 421 g/mol. The Morgan fingerprint density at radius 2 is 1.77 bits per heavy atom. The van der Waals surface area contributed by atoms with E-state index in [1.807, 2.05) is 18.2 Å². The molecule has 0 unspecified atom stereocenters. The maximum Gasteiger partial charge on any atom is 0.274 e. The zero-order chi connectivity index (χ0) is 21.8. The van der Waals surface area contributed by atoms with Gasteiger partial charge in [0.2, 0.25) is 0 Å². The lowest BCUT2D eigenvalue weighted by molar-refractivity contribution is -0.935. The Hall–Kier alpha value is -3.19. The Morgan fingerprint density at radius 1 is 1.10 bits per heavy atom. The average molecular weight is 422 g/mol. The van der Waals surface area contributed by atoms with Crippen molar-refractivity contribution >= 4 is 16.7 Å². The third-order valence-electron chi connectivity index (χ3n) is 6.15. The van der Waals surface area contributed by atoms with Gasteiger partial charge in [-0.05, 0) is 49.6 Å². The average Bonchev–Trinajstić information content (AvgIpc) is 2.82. The number of nitrogens with one attached hydrogen (secondary N) is 2. The molecule has 0 saturated carbocycles. The molecule has 2 aromatic carbocycles. The van der Waals surface area contributed by atoms with E-state index in [0.29, 0.717) is 17.3 Å². The number of amides is 1. The van der Waals surface area contributed by atoms with Crippen LogP contribution in [-0.2, 0) is 7.05 Å². The fraction of sp³-hybridized carbons (Fsp3) is 0.375. The van der Waals surface area contributed by atoms with Crippen molar-refractivity contribution in [3.8, 4) is 5.75 Å². The van der Waals surface area contributed by atoms with E-state index in [1.54, 1.807) is 32.4 Å². The highest BCUT2D eigenvalue weighted by Crippen LogP contribution is 2.17. The lowest BCUT2D eigenvalue weighted by atomic mass is 10.0. The molecule has 2 heterocycles. The zero-order valence-corrected chi connectivity index (χ0v) is 18.1. The zero-order valence-electron chi connectivity index (χ0n) is 18.1. The fourth-order valence-corrected chi connectivity index (χ4v) is 4.43. The first-order valence-electron chi connectivity index (χ1n) is 10.8. The Balaban J connectivity index is 1.59. The van der Waals surface area contributed by atoms with Crippen molar-refractivity contribution in [3.63, 3.8) is 0 Å². The number of rotatable bonds is 6. The molecule has 1 fully saturated rings. The van der Waals surface area contributed by atoms with E-state index in [1.165, 1.54) is 34.4 Å². The molecule has 1 saturated heterocycles. The number of piperidine rings is 1. The molecule has 1 atom stereocenters. The van der Waals surface area contributed by atoms with Gasteiger partial charge in [-0.1, -0.05) is 18.2 Å². The van der Waals surface area contributed by atoms with E-state index in [9.17, 15) is 9.59 Å². The third-order valence-corrected chi connectivity index (χ3v) is 6.15. The van der Waals surface area contributed by atoms with Crippen LogP contribution in [0, 0.1) is 0 Å². The van der Waals surface area contributed by atoms with Crippen LogP contribution in [0.5, 0.6) is 5.75 Å². The number of aromatic nitrogens is 2. The molecule has 0 radical (unpaired) electrons. The van der Waals surface area contributed by atoms with E-state index in [4.69, 9.17) is 4.74 Å². The fourth-order valence-electron chi connectivity index (χ4n) is 4.43. The number of aryl methyl sites for hydroxylation is 1. The van der Waals surface area contributed by atoms with Gasteiger partial charge < -0.3 is 15.0 Å². The smallest absolute Gasteiger partial charge is 0.274 e. The number of quaternary nitrogens is 1. The van der Waals surface area contributed by atoms with Crippen molar-refractivity contribution in [2.45, 2.75) is 25.3 Å². The van der Waals surface area contributed by atoms with Gasteiger partial charge in [-0.15, -0.1) is 0 Å². The summed E-state index contributed by atoms with van der Waals surface area (Å²) in [6.45, 7) is 2.68.